The van der Waals surface area contributed by atoms with E-state index in [1.807, 2.05) is 13.8 Å². The van der Waals surface area contributed by atoms with Gasteiger partial charge in [0.15, 0.2) is 0 Å². The van der Waals surface area contributed by atoms with Crippen molar-refractivity contribution in [2.75, 3.05) is 11.9 Å². The second kappa shape index (κ2) is 5.92. The van der Waals surface area contributed by atoms with Gasteiger partial charge in [-0.25, -0.2) is 9.97 Å². The fraction of sp³-hybridized carbons (Fsp3) is 0.500. The van der Waals surface area contributed by atoms with Crippen molar-refractivity contribution in [2.45, 2.75) is 25.9 Å². The molecule has 0 aliphatic heterocycles. The SMILES string of the molecule is CC(C)c1nc(Br)cc(NCC(O)C(N)=O)n1. The third kappa shape index (κ3) is 4.27. The molecule has 0 saturated heterocycles. The first-order valence-electron chi connectivity index (χ1n) is 5.16. The van der Waals surface area contributed by atoms with Gasteiger partial charge in [0, 0.05) is 12.0 Å². The van der Waals surface area contributed by atoms with Crippen molar-refractivity contribution in [3.05, 3.63) is 16.5 Å². The van der Waals surface area contributed by atoms with E-state index in [0.717, 1.165) is 0 Å². The predicted octanol–water partition coefficient (Wildman–Crippen LogP) is 0.621. The maximum absolute atomic E-state index is 10.7. The molecule has 1 amide bonds. The van der Waals surface area contributed by atoms with Gasteiger partial charge < -0.3 is 16.2 Å². The summed E-state index contributed by atoms with van der Waals surface area (Å²) in [6.07, 6.45) is -1.23. The molecule has 0 aliphatic rings. The summed E-state index contributed by atoms with van der Waals surface area (Å²) in [4.78, 5) is 19.1. The van der Waals surface area contributed by atoms with Crippen molar-refractivity contribution in [3.8, 4) is 0 Å². The quantitative estimate of drug-likeness (QED) is 0.692. The van der Waals surface area contributed by atoms with E-state index >= 15 is 0 Å². The van der Waals surface area contributed by atoms with Gasteiger partial charge in [-0.3, -0.25) is 4.79 Å². The van der Waals surface area contributed by atoms with E-state index in [-0.39, 0.29) is 12.5 Å². The molecule has 0 aliphatic carbocycles. The van der Waals surface area contributed by atoms with E-state index in [2.05, 4.69) is 31.2 Å². The number of rotatable bonds is 5. The van der Waals surface area contributed by atoms with Crippen molar-refractivity contribution in [2.24, 2.45) is 5.73 Å². The van der Waals surface area contributed by atoms with Crippen LogP contribution in [0.25, 0.3) is 0 Å². The summed E-state index contributed by atoms with van der Waals surface area (Å²) in [5.41, 5.74) is 4.94. The van der Waals surface area contributed by atoms with Crippen LogP contribution in [0.15, 0.2) is 10.7 Å². The fourth-order valence-electron chi connectivity index (χ4n) is 1.09. The van der Waals surface area contributed by atoms with Gasteiger partial charge >= 0.3 is 0 Å². The van der Waals surface area contributed by atoms with Crippen molar-refractivity contribution in [1.29, 1.82) is 0 Å². The average molecular weight is 303 g/mol. The number of aliphatic hydroxyl groups excluding tert-OH is 1. The molecule has 0 spiro atoms. The van der Waals surface area contributed by atoms with Crippen LogP contribution in [0.3, 0.4) is 0 Å². The first-order chi connectivity index (χ1) is 7.90. The van der Waals surface area contributed by atoms with Gasteiger partial charge in [-0.05, 0) is 15.9 Å². The van der Waals surface area contributed by atoms with Crippen LogP contribution in [0.2, 0.25) is 0 Å². The van der Waals surface area contributed by atoms with E-state index in [9.17, 15) is 9.90 Å². The summed E-state index contributed by atoms with van der Waals surface area (Å²) in [5.74, 6) is 0.634. The summed E-state index contributed by atoms with van der Waals surface area (Å²) in [7, 11) is 0. The Balaban J connectivity index is 2.74. The largest absolute Gasteiger partial charge is 0.381 e. The van der Waals surface area contributed by atoms with E-state index in [0.29, 0.717) is 16.2 Å². The van der Waals surface area contributed by atoms with Crippen LogP contribution in [-0.4, -0.2) is 33.6 Å². The monoisotopic (exact) mass is 302 g/mol. The molecule has 1 aromatic rings. The summed E-state index contributed by atoms with van der Waals surface area (Å²) in [6.45, 7) is 3.98. The molecule has 17 heavy (non-hydrogen) atoms. The van der Waals surface area contributed by atoms with E-state index < -0.39 is 12.0 Å². The van der Waals surface area contributed by atoms with Crippen molar-refractivity contribution < 1.29 is 9.90 Å². The lowest BCUT2D eigenvalue weighted by Gasteiger charge is -2.11. The third-order valence-electron chi connectivity index (χ3n) is 2.03. The molecule has 7 heteroatoms. The highest BCUT2D eigenvalue weighted by atomic mass is 79.9. The van der Waals surface area contributed by atoms with Gasteiger partial charge in [0.25, 0.3) is 0 Å². The number of nitrogens with two attached hydrogens (primary N) is 1. The maximum Gasteiger partial charge on any atom is 0.248 e. The first-order valence-corrected chi connectivity index (χ1v) is 5.95. The lowest BCUT2D eigenvalue weighted by atomic mass is 10.2. The Morgan fingerprint density at radius 1 is 1.59 bits per heavy atom. The minimum absolute atomic E-state index is 0.0241. The highest BCUT2D eigenvalue weighted by molar-refractivity contribution is 9.10. The fourth-order valence-corrected chi connectivity index (χ4v) is 1.48. The molecular formula is C10H15BrN4O2. The molecule has 1 rings (SSSR count). The van der Waals surface area contributed by atoms with Crippen LogP contribution in [0.1, 0.15) is 25.6 Å². The summed E-state index contributed by atoms with van der Waals surface area (Å²) >= 11 is 3.27. The van der Waals surface area contributed by atoms with Crippen molar-refractivity contribution in [1.82, 2.24) is 9.97 Å². The number of amides is 1. The smallest absolute Gasteiger partial charge is 0.248 e. The van der Waals surface area contributed by atoms with Gasteiger partial charge in [-0.15, -0.1) is 0 Å². The van der Waals surface area contributed by atoms with Crippen molar-refractivity contribution in [3.63, 3.8) is 0 Å². The third-order valence-corrected chi connectivity index (χ3v) is 2.44. The number of hydrogen-bond donors (Lipinski definition) is 3. The molecule has 0 aromatic carbocycles. The number of aliphatic hydroxyl groups is 1. The second-order valence-corrected chi connectivity index (χ2v) is 4.70. The lowest BCUT2D eigenvalue weighted by Crippen LogP contribution is -2.34. The molecule has 6 nitrogen and oxygen atoms in total. The molecule has 0 bridgehead atoms. The van der Waals surface area contributed by atoms with E-state index in [1.165, 1.54) is 0 Å². The molecule has 0 fully saturated rings. The van der Waals surface area contributed by atoms with E-state index in [1.54, 1.807) is 6.07 Å². The number of primary amides is 1. The number of carbonyl (C=O) groups is 1. The number of hydrogen-bond acceptors (Lipinski definition) is 5. The van der Waals surface area contributed by atoms with Crippen LogP contribution in [0.4, 0.5) is 5.82 Å². The van der Waals surface area contributed by atoms with Gasteiger partial charge in [-0.1, -0.05) is 13.8 Å². The highest BCUT2D eigenvalue weighted by Gasteiger charge is 2.12. The van der Waals surface area contributed by atoms with Gasteiger partial charge in [0.2, 0.25) is 5.91 Å². The number of nitrogens with zero attached hydrogens (tertiary/aromatic N) is 2. The Morgan fingerprint density at radius 3 is 2.76 bits per heavy atom. The Kier molecular flexibility index (Phi) is 4.83. The molecule has 94 valence electrons. The number of aromatic nitrogens is 2. The molecule has 1 heterocycles. The van der Waals surface area contributed by atoms with Gasteiger partial charge in [-0.2, -0.15) is 0 Å². The lowest BCUT2D eigenvalue weighted by molar-refractivity contribution is -0.125. The van der Waals surface area contributed by atoms with Crippen LogP contribution < -0.4 is 11.1 Å². The first kappa shape index (κ1) is 13.9. The van der Waals surface area contributed by atoms with Crippen LogP contribution in [0, 0.1) is 0 Å². The second-order valence-electron chi connectivity index (χ2n) is 3.89. The molecular weight excluding hydrogens is 288 g/mol. The summed E-state index contributed by atoms with van der Waals surface area (Å²) in [5, 5.41) is 12.1. The number of nitrogens with one attached hydrogen (secondary N) is 1. The molecule has 1 unspecified atom stereocenters. The zero-order chi connectivity index (χ0) is 13.0. The Bertz CT molecular complexity index is 411. The molecule has 4 N–H and O–H groups in total. The summed E-state index contributed by atoms with van der Waals surface area (Å²) < 4.78 is 0.646. The minimum Gasteiger partial charge on any atom is -0.381 e. The topological polar surface area (TPSA) is 101 Å². The van der Waals surface area contributed by atoms with Crippen LogP contribution in [-0.2, 0) is 4.79 Å². The molecule has 1 atom stereocenters. The zero-order valence-corrected chi connectivity index (χ0v) is 11.2. The Morgan fingerprint density at radius 2 is 2.24 bits per heavy atom. The van der Waals surface area contributed by atoms with Crippen LogP contribution in [0.5, 0.6) is 0 Å². The van der Waals surface area contributed by atoms with Gasteiger partial charge in [0.05, 0.1) is 6.54 Å². The Labute approximate surface area is 108 Å². The standard InChI is InChI=1S/C10H15BrN4O2/c1-5(2)10-14-7(11)3-8(15-10)13-4-6(16)9(12)17/h3,5-6,16H,4H2,1-2H3,(H2,12,17)(H,13,14,15). The number of carbonyl (C=O) groups excluding carboxylic acids is 1. The zero-order valence-electron chi connectivity index (χ0n) is 9.64. The molecule has 0 saturated carbocycles. The number of anilines is 1. The average Bonchev–Trinajstić information content (AvgIpc) is 2.24. The maximum atomic E-state index is 10.7. The molecule has 1 aromatic heterocycles. The predicted molar refractivity (Wildman–Crippen MR) is 67.5 cm³/mol. The molecule has 0 radical (unpaired) electrons. The Hall–Kier alpha value is -1.21. The van der Waals surface area contributed by atoms with Crippen molar-refractivity contribution >= 4 is 27.7 Å². The highest BCUT2D eigenvalue weighted by Crippen LogP contribution is 2.17. The minimum atomic E-state index is -1.23. The summed E-state index contributed by atoms with van der Waals surface area (Å²) in [6, 6.07) is 1.67. The van der Waals surface area contributed by atoms with E-state index in [4.69, 9.17) is 5.73 Å². The van der Waals surface area contributed by atoms with Gasteiger partial charge in [0.1, 0.15) is 22.3 Å². The normalized spacial score (nSPS) is 12.5. The number of halogens is 1. The van der Waals surface area contributed by atoms with Crippen LogP contribution >= 0.6 is 15.9 Å².